The van der Waals surface area contributed by atoms with Gasteiger partial charge < -0.3 is 14.4 Å². The molecule has 0 bridgehead atoms. The Kier molecular flexibility index (Phi) is 7.77. The Morgan fingerprint density at radius 3 is 2.24 bits per heavy atom. The molecule has 0 fully saturated rings. The van der Waals surface area contributed by atoms with Gasteiger partial charge in [-0.05, 0) is 18.6 Å². The molecule has 0 spiro atoms. The number of rotatable bonds is 8. The van der Waals surface area contributed by atoms with Crippen LogP contribution in [0, 0.1) is 11.6 Å². The fraction of sp³-hybridized carbons (Fsp3) is 0.500. The summed E-state index contributed by atoms with van der Waals surface area (Å²) in [6.07, 6.45) is 0.575. The average Bonchev–Trinajstić information content (AvgIpc) is 2.41. The van der Waals surface area contributed by atoms with Gasteiger partial charge >= 0.3 is 0 Å². The smallest absolute Gasteiger partial charge is 0.259 e. The minimum Gasteiger partial charge on any atom is -0.385 e. The molecule has 1 rings (SSSR count). The zero-order valence-electron chi connectivity index (χ0n) is 12.0. The van der Waals surface area contributed by atoms with Crippen molar-refractivity contribution in [3.05, 3.63) is 33.8 Å². The number of methoxy groups -OCH3 is 2. The summed E-state index contributed by atoms with van der Waals surface area (Å²) in [4.78, 5) is 13.7. The van der Waals surface area contributed by atoms with E-state index in [1.807, 2.05) is 0 Å². The number of carbonyl (C=O) groups excluding carboxylic acids is 1. The van der Waals surface area contributed by atoms with Crippen LogP contribution in [0.2, 0.25) is 0 Å². The van der Waals surface area contributed by atoms with E-state index < -0.39 is 23.1 Å². The van der Waals surface area contributed by atoms with E-state index in [1.165, 1.54) is 12.0 Å². The summed E-state index contributed by atoms with van der Waals surface area (Å²) in [5, 5.41) is 0. The number of hydrogen-bond acceptors (Lipinski definition) is 3. The van der Waals surface area contributed by atoms with Crippen molar-refractivity contribution in [1.82, 2.24) is 4.90 Å². The van der Waals surface area contributed by atoms with Crippen LogP contribution >= 0.6 is 15.9 Å². The van der Waals surface area contributed by atoms with E-state index in [4.69, 9.17) is 9.47 Å². The number of nitrogens with zero attached hydrogens (tertiary/aromatic N) is 1. The number of hydrogen-bond donors (Lipinski definition) is 0. The molecular formula is C14H18BrF2NO3. The highest BCUT2D eigenvalue weighted by Gasteiger charge is 2.23. The quantitative estimate of drug-likeness (QED) is 0.665. The Labute approximate surface area is 131 Å². The van der Waals surface area contributed by atoms with Gasteiger partial charge in [0.2, 0.25) is 0 Å². The Morgan fingerprint density at radius 1 is 1.14 bits per heavy atom. The molecule has 7 heteroatoms. The normalized spacial score (nSPS) is 10.7. The lowest BCUT2D eigenvalue weighted by Crippen LogP contribution is -2.36. The first-order chi connectivity index (χ1) is 10.0. The van der Waals surface area contributed by atoms with Crippen LogP contribution in [0.25, 0.3) is 0 Å². The van der Waals surface area contributed by atoms with Crippen LogP contribution in [-0.2, 0) is 9.47 Å². The van der Waals surface area contributed by atoms with Crippen molar-refractivity contribution in [2.45, 2.75) is 6.42 Å². The van der Waals surface area contributed by atoms with Crippen LogP contribution in [0.3, 0.4) is 0 Å². The molecule has 4 nitrogen and oxygen atoms in total. The Bertz CT molecular complexity index is 462. The standard InChI is InChI=1S/C14H18BrF2NO3/c1-20-6-3-4-18(5-7-21-2)14(19)13-11(16)8-10(15)9-12(13)17/h8-9H,3-7H2,1-2H3. The second kappa shape index (κ2) is 9.07. The van der Waals surface area contributed by atoms with Crippen molar-refractivity contribution in [3.8, 4) is 0 Å². The largest absolute Gasteiger partial charge is 0.385 e. The predicted molar refractivity (Wildman–Crippen MR) is 78.3 cm³/mol. The van der Waals surface area contributed by atoms with Gasteiger partial charge in [0.15, 0.2) is 0 Å². The molecule has 0 aliphatic rings. The molecule has 0 aliphatic heterocycles. The molecule has 0 saturated heterocycles. The maximum atomic E-state index is 13.9. The summed E-state index contributed by atoms with van der Waals surface area (Å²) >= 11 is 2.99. The first-order valence-electron chi connectivity index (χ1n) is 6.43. The fourth-order valence-corrected chi connectivity index (χ4v) is 2.22. The first-order valence-corrected chi connectivity index (χ1v) is 7.22. The summed E-state index contributed by atoms with van der Waals surface area (Å²) in [6, 6.07) is 2.14. The van der Waals surface area contributed by atoms with E-state index in [0.29, 0.717) is 26.2 Å². The monoisotopic (exact) mass is 365 g/mol. The van der Waals surface area contributed by atoms with Crippen LogP contribution in [0.5, 0.6) is 0 Å². The maximum absolute atomic E-state index is 13.9. The Hall–Kier alpha value is -1.05. The molecule has 0 N–H and O–H groups in total. The lowest BCUT2D eigenvalue weighted by Gasteiger charge is -2.23. The summed E-state index contributed by atoms with van der Waals surface area (Å²) in [5.41, 5.74) is -0.549. The molecule has 0 saturated carbocycles. The number of amides is 1. The number of benzene rings is 1. The molecule has 0 heterocycles. The lowest BCUT2D eigenvalue weighted by molar-refractivity contribution is 0.0664. The first kappa shape index (κ1) is 18.0. The Morgan fingerprint density at radius 2 is 1.71 bits per heavy atom. The van der Waals surface area contributed by atoms with Crippen LogP contribution in [0.1, 0.15) is 16.8 Å². The topological polar surface area (TPSA) is 38.8 Å². The van der Waals surface area contributed by atoms with Gasteiger partial charge in [-0.3, -0.25) is 4.79 Å². The Balaban J connectivity index is 2.93. The molecule has 0 aromatic heterocycles. The van der Waals surface area contributed by atoms with E-state index in [1.54, 1.807) is 7.11 Å². The minimum atomic E-state index is -0.888. The van der Waals surface area contributed by atoms with Crippen molar-refractivity contribution in [3.63, 3.8) is 0 Å². The second-order valence-electron chi connectivity index (χ2n) is 4.38. The molecule has 0 radical (unpaired) electrons. The molecule has 0 aliphatic carbocycles. The van der Waals surface area contributed by atoms with Gasteiger partial charge in [0.05, 0.1) is 6.61 Å². The molecule has 0 unspecified atom stereocenters. The predicted octanol–water partition coefficient (Wildman–Crippen LogP) is 2.85. The summed E-state index contributed by atoms with van der Waals surface area (Å²) < 4.78 is 37.8. The maximum Gasteiger partial charge on any atom is 0.259 e. The van der Waals surface area contributed by atoms with Gasteiger partial charge in [0.25, 0.3) is 5.91 Å². The molecular weight excluding hydrogens is 348 g/mol. The lowest BCUT2D eigenvalue weighted by atomic mass is 10.1. The van der Waals surface area contributed by atoms with Gasteiger partial charge in [0, 0.05) is 38.4 Å². The summed E-state index contributed by atoms with van der Waals surface area (Å²) in [7, 11) is 3.05. The van der Waals surface area contributed by atoms with Crippen molar-refractivity contribution < 1.29 is 23.0 Å². The van der Waals surface area contributed by atoms with E-state index in [0.717, 1.165) is 12.1 Å². The fourth-order valence-electron chi connectivity index (χ4n) is 1.82. The molecule has 21 heavy (non-hydrogen) atoms. The van der Waals surface area contributed by atoms with Crippen LogP contribution in [0.4, 0.5) is 8.78 Å². The SMILES string of the molecule is COCCCN(CCOC)C(=O)c1c(F)cc(Br)cc1F. The van der Waals surface area contributed by atoms with Gasteiger partial charge in [0.1, 0.15) is 17.2 Å². The summed E-state index contributed by atoms with van der Waals surface area (Å²) in [5.74, 6) is -2.47. The van der Waals surface area contributed by atoms with Crippen LogP contribution < -0.4 is 0 Å². The molecule has 118 valence electrons. The van der Waals surface area contributed by atoms with Crippen molar-refractivity contribution >= 4 is 21.8 Å². The number of carbonyl (C=O) groups is 1. The van der Waals surface area contributed by atoms with Gasteiger partial charge in [-0.2, -0.15) is 0 Å². The van der Waals surface area contributed by atoms with Gasteiger partial charge in [-0.15, -0.1) is 0 Å². The minimum absolute atomic E-state index is 0.247. The van der Waals surface area contributed by atoms with E-state index in [-0.39, 0.29) is 11.0 Å². The van der Waals surface area contributed by atoms with Crippen molar-refractivity contribution in [2.75, 3.05) is 40.5 Å². The number of ether oxygens (including phenoxy) is 2. The molecule has 1 aromatic carbocycles. The zero-order chi connectivity index (χ0) is 15.8. The zero-order valence-corrected chi connectivity index (χ0v) is 13.6. The third kappa shape index (κ3) is 5.33. The molecule has 1 aromatic rings. The summed E-state index contributed by atoms with van der Waals surface area (Å²) in [6.45, 7) is 1.35. The molecule has 0 atom stereocenters. The van der Waals surface area contributed by atoms with Crippen LogP contribution in [-0.4, -0.2) is 51.3 Å². The van der Waals surface area contributed by atoms with Crippen molar-refractivity contribution in [1.29, 1.82) is 0 Å². The van der Waals surface area contributed by atoms with Crippen LogP contribution in [0.15, 0.2) is 16.6 Å². The van der Waals surface area contributed by atoms with Gasteiger partial charge in [-0.1, -0.05) is 15.9 Å². The highest BCUT2D eigenvalue weighted by Crippen LogP contribution is 2.21. The number of halogens is 3. The third-order valence-electron chi connectivity index (χ3n) is 2.85. The van der Waals surface area contributed by atoms with Gasteiger partial charge in [-0.25, -0.2) is 8.78 Å². The third-order valence-corrected chi connectivity index (χ3v) is 3.31. The average molecular weight is 366 g/mol. The highest BCUT2D eigenvalue weighted by molar-refractivity contribution is 9.10. The van der Waals surface area contributed by atoms with Crippen molar-refractivity contribution in [2.24, 2.45) is 0 Å². The van der Waals surface area contributed by atoms with E-state index in [2.05, 4.69) is 15.9 Å². The molecule has 1 amide bonds. The second-order valence-corrected chi connectivity index (χ2v) is 5.29. The highest BCUT2D eigenvalue weighted by atomic mass is 79.9. The van der Waals surface area contributed by atoms with E-state index in [9.17, 15) is 13.6 Å². The van der Waals surface area contributed by atoms with E-state index >= 15 is 0 Å².